The van der Waals surface area contributed by atoms with Crippen LogP contribution >= 0.6 is 12.6 Å². The lowest BCUT2D eigenvalue weighted by molar-refractivity contribution is -0.143. The summed E-state index contributed by atoms with van der Waals surface area (Å²) in [6.07, 6.45) is -5.16. The third-order valence-corrected chi connectivity index (χ3v) is 2.66. The van der Waals surface area contributed by atoms with E-state index < -0.39 is 24.1 Å². The van der Waals surface area contributed by atoms with Gasteiger partial charge in [0.2, 0.25) is 0 Å². The van der Waals surface area contributed by atoms with Crippen molar-refractivity contribution in [1.82, 2.24) is 0 Å². The SMILES string of the molecule is CCOC(=O)Cc1cc(S)c(C#N)cc1C(F)(F)F. The molecule has 1 aromatic carbocycles. The van der Waals surface area contributed by atoms with Crippen LogP contribution in [0.1, 0.15) is 23.6 Å². The first-order valence-electron chi connectivity index (χ1n) is 5.28. The van der Waals surface area contributed by atoms with E-state index in [1.807, 2.05) is 0 Å². The molecule has 0 fully saturated rings. The minimum absolute atomic E-state index is 0.0875. The maximum atomic E-state index is 12.8. The van der Waals surface area contributed by atoms with Gasteiger partial charge < -0.3 is 4.74 Å². The summed E-state index contributed by atoms with van der Waals surface area (Å²) in [4.78, 5) is 11.4. The molecule has 0 spiro atoms. The molecule has 1 rings (SSSR count). The zero-order valence-corrected chi connectivity index (χ0v) is 10.8. The minimum Gasteiger partial charge on any atom is -0.466 e. The first-order chi connectivity index (χ1) is 8.79. The fourth-order valence-corrected chi connectivity index (χ4v) is 1.77. The number of halogens is 3. The van der Waals surface area contributed by atoms with Gasteiger partial charge in [0.1, 0.15) is 6.07 Å². The van der Waals surface area contributed by atoms with Crippen LogP contribution in [0.15, 0.2) is 17.0 Å². The molecule has 0 N–H and O–H groups in total. The van der Waals surface area contributed by atoms with Gasteiger partial charge >= 0.3 is 12.1 Å². The Labute approximate surface area is 113 Å². The molecule has 7 heteroatoms. The maximum Gasteiger partial charge on any atom is 0.416 e. The Kier molecular flexibility index (Phi) is 4.84. The molecule has 0 saturated heterocycles. The number of carbonyl (C=O) groups excluding carboxylic acids is 1. The average Bonchev–Trinajstić information content (AvgIpc) is 2.27. The normalized spacial score (nSPS) is 10.9. The molecule has 0 radical (unpaired) electrons. The standard InChI is InChI=1S/C12H10F3NO2S/c1-2-18-11(17)5-7-4-10(19)8(6-16)3-9(7)12(13,14)15/h3-4,19H,2,5H2,1H3. The molecule has 0 aromatic heterocycles. The van der Waals surface area contributed by atoms with E-state index in [1.165, 1.54) is 0 Å². The van der Waals surface area contributed by atoms with Crippen molar-refractivity contribution >= 4 is 18.6 Å². The van der Waals surface area contributed by atoms with E-state index >= 15 is 0 Å². The fraction of sp³-hybridized carbons (Fsp3) is 0.333. The lowest BCUT2D eigenvalue weighted by Crippen LogP contribution is -2.15. The van der Waals surface area contributed by atoms with Gasteiger partial charge in [0.15, 0.2) is 0 Å². The monoisotopic (exact) mass is 289 g/mol. The number of ether oxygens (including phenoxy) is 1. The number of thiol groups is 1. The lowest BCUT2D eigenvalue weighted by Gasteiger charge is -2.14. The third kappa shape index (κ3) is 3.89. The number of hydrogen-bond acceptors (Lipinski definition) is 4. The molecule has 0 amide bonds. The highest BCUT2D eigenvalue weighted by molar-refractivity contribution is 7.80. The molecule has 19 heavy (non-hydrogen) atoms. The summed E-state index contributed by atoms with van der Waals surface area (Å²) in [6, 6.07) is 3.38. The van der Waals surface area contributed by atoms with Crippen molar-refractivity contribution in [1.29, 1.82) is 5.26 Å². The first kappa shape index (κ1) is 15.4. The van der Waals surface area contributed by atoms with E-state index in [1.54, 1.807) is 13.0 Å². The zero-order valence-electron chi connectivity index (χ0n) is 9.91. The fourth-order valence-electron chi connectivity index (χ4n) is 1.50. The van der Waals surface area contributed by atoms with Gasteiger partial charge in [-0.2, -0.15) is 18.4 Å². The highest BCUT2D eigenvalue weighted by Crippen LogP contribution is 2.34. The molecular formula is C12H10F3NO2S. The van der Waals surface area contributed by atoms with Gasteiger partial charge in [-0.1, -0.05) is 0 Å². The van der Waals surface area contributed by atoms with Gasteiger partial charge in [-0.15, -0.1) is 12.6 Å². The summed E-state index contributed by atoms with van der Waals surface area (Å²) in [5.41, 5.74) is -1.46. The van der Waals surface area contributed by atoms with Crippen molar-refractivity contribution in [2.45, 2.75) is 24.4 Å². The van der Waals surface area contributed by atoms with E-state index in [4.69, 9.17) is 5.26 Å². The maximum absolute atomic E-state index is 12.8. The second-order valence-corrected chi connectivity index (χ2v) is 4.10. The molecule has 1 aromatic rings. The Bertz CT molecular complexity index is 535. The van der Waals surface area contributed by atoms with Crippen LogP contribution in [0.2, 0.25) is 0 Å². The second kappa shape index (κ2) is 5.97. The van der Waals surface area contributed by atoms with Gasteiger partial charge in [0.05, 0.1) is 24.2 Å². The van der Waals surface area contributed by atoms with E-state index in [9.17, 15) is 18.0 Å². The Morgan fingerprint density at radius 2 is 2.11 bits per heavy atom. The molecule has 0 atom stereocenters. The predicted octanol–water partition coefficient (Wildman–Crippen LogP) is 2.97. The number of benzene rings is 1. The van der Waals surface area contributed by atoms with Gasteiger partial charge in [0.25, 0.3) is 0 Å². The van der Waals surface area contributed by atoms with Crippen LogP contribution in [-0.4, -0.2) is 12.6 Å². The number of carbonyl (C=O) groups is 1. The number of alkyl halides is 3. The molecule has 0 saturated carbocycles. The van der Waals surface area contributed by atoms with Crippen molar-refractivity contribution in [2.75, 3.05) is 6.61 Å². The Hall–Kier alpha value is -1.68. The number of nitriles is 1. The van der Waals surface area contributed by atoms with Crippen molar-refractivity contribution in [3.8, 4) is 6.07 Å². The average molecular weight is 289 g/mol. The highest BCUT2D eigenvalue weighted by Gasteiger charge is 2.34. The molecule has 0 bridgehead atoms. The summed E-state index contributed by atoms with van der Waals surface area (Å²) in [5, 5.41) is 8.71. The number of nitrogens with zero attached hydrogens (tertiary/aromatic N) is 1. The Morgan fingerprint density at radius 3 is 2.58 bits per heavy atom. The molecule has 0 heterocycles. The van der Waals surface area contributed by atoms with Crippen LogP contribution in [0.4, 0.5) is 13.2 Å². The topological polar surface area (TPSA) is 50.1 Å². The zero-order chi connectivity index (χ0) is 14.6. The minimum atomic E-state index is -4.64. The number of hydrogen-bond donors (Lipinski definition) is 1. The van der Waals surface area contributed by atoms with Gasteiger partial charge in [-0.05, 0) is 24.6 Å². The largest absolute Gasteiger partial charge is 0.466 e. The smallest absolute Gasteiger partial charge is 0.416 e. The van der Waals surface area contributed by atoms with E-state index in [0.717, 1.165) is 6.07 Å². The molecule has 0 aliphatic rings. The number of esters is 1. The second-order valence-electron chi connectivity index (χ2n) is 3.62. The van der Waals surface area contributed by atoms with Gasteiger partial charge in [0, 0.05) is 4.90 Å². The third-order valence-electron chi connectivity index (χ3n) is 2.29. The summed E-state index contributed by atoms with van der Waals surface area (Å²) in [6.45, 7) is 1.65. The summed E-state index contributed by atoms with van der Waals surface area (Å²) < 4.78 is 43.2. The van der Waals surface area contributed by atoms with Crippen LogP contribution in [0.25, 0.3) is 0 Å². The van der Waals surface area contributed by atoms with E-state index in [-0.39, 0.29) is 22.6 Å². The van der Waals surface area contributed by atoms with Gasteiger partial charge in [-0.25, -0.2) is 0 Å². The van der Waals surface area contributed by atoms with Crippen molar-refractivity contribution in [2.24, 2.45) is 0 Å². The van der Waals surface area contributed by atoms with Crippen LogP contribution in [0.5, 0.6) is 0 Å². The Balaban J connectivity index is 3.26. The predicted molar refractivity (Wildman–Crippen MR) is 63.7 cm³/mol. The molecule has 102 valence electrons. The summed E-state index contributed by atoms with van der Waals surface area (Å²) in [5.74, 6) is -0.759. The van der Waals surface area contributed by atoms with Crippen molar-refractivity contribution in [3.05, 3.63) is 28.8 Å². The first-order valence-corrected chi connectivity index (χ1v) is 5.73. The van der Waals surface area contributed by atoms with E-state index in [2.05, 4.69) is 17.4 Å². The van der Waals surface area contributed by atoms with Gasteiger partial charge in [-0.3, -0.25) is 4.79 Å². The molecule has 0 aliphatic carbocycles. The van der Waals surface area contributed by atoms with Crippen LogP contribution in [0, 0.1) is 11.3 Å². The van der Waals surface area contributed by atoms with Crippen LogP contribution in [-0.2, 0) is 22.1 Å². The van der Waals surface area contributed by atoms with Crippen LogP contribution < -0.4 is 0 Å². The Morgan fingerprint density at radius 1 is 1.47 bits per heavy atom. The van der Waals surface area contributed by atoms with E-state index in [0.29, 0.717) is 6.07 Å². The lowest BCUT2D eigenvalue weighted by atomic mass is 10.0. The molecule has 3 nitrogen and oxygen atoms in total. The number of rotatable bonds is 3. The van der Waals surface area contributed by atoms with Crippen LogP contribution in [0.3, 0.4) is 0 Å². The summed E-state index contributed by atoms with van der Waals surface area (Å²) >= 11 is 3.92. The summed E-state index contributed by atoms with van der Waals surface area (Å²) in [7, 11) is 0. The van der Waals surface area contributed by atoms with Crippen molar-refractivity contribution < 1.29 is 22.7 Å². The highest BCUT2D eigenvalue weighted by atomic mass is 32.1. The molecule has 0 unspecified atom stereocenters. The quantitative estimate of drug-likeness (QED) is 0.687. The molecule has 0 aliphatic heterocycles. The molecular weight excluding hydrogens is 279 g/mol. The van der Waals surface area contributed by atoms with Crippen molar-refractivity contribution in [3.63, 3.8) is 0 Å².